The van der Waals surface area contributed by atoms with E-state index in [-0.39, 0.29) is 17.0 Å². The molecular formula is C20H18F3N3O2. The van der Waals surface area contributed by atoms with Crippen LogP contribution in [-0.2, 0) is 11.0 Å². The topological polar surface area (TPSA) is 70.2 Å². The summed E-state index contributed by atoms with van der Waals surface area (Å²) in [5.74, 6) is -0.729. The van der Waals surface area contributed by atoms with Crippen LogP contribution < -0.4 is 16.0 Å². The molecule has 1 aliphatic heterocycles. The maximum absolute atomic E-state index is 13.2. The number of alkyl halides is 3. The predicted molar refractivity (Wildman–Crippen MR) is 98.4 cm³/mol. The van der Waals surface area contributed by atoms with E-state index in [1.807, 2.05) is 19.1 Å². The zero-order valence-corrected chi connectivity index (χ0v) is 15.1. The number of urea groups is 1. The van der Waals surface area contributed by atoms with Crippen LogP contribution in [0, 0.1) is 6.92 Å². The summed E-state index contributed by atoms with van der Waals surface area (Å²) < 4.78 is 39.6. The Balaban J connectivity index is 1.98. The highest BCUT2D eigenvalue weighted by molar-refractivity contribution is 6.07. The lowest BCUT2D eigenvalue weighted by Gasteiger charge is -2.29. The van der Waals surface area contributed by atoms with Crippen molar-refractivity contribution in [2.45, 2.75) is 26.1 Å². The number of hydrogen-bond donors (Lipinski definition) is 3. The molecule has 0 aliphatic carbocycles. The standard InChI is InChI=1S/C20H18F3N3O2/c1-11-7-9-13(10-8-11)17-16(12(2)24-19(28)26-17)18(27)25-15-6-4-3-5-14(15)20(21,22)23/h3-10,17H,1-2H3,(H,25,27)(H2,24,26,28)/t17-/m1/s1. The lowest BCUT2D eigenvalue weighted by atomic mass is 9.94. The van der Waals surface area contributed by atoms with Crippen LogP contribution in [0.2, 0.25) is 0 Å². The molecule has 3 N–H and O–H groups in total. The van der Waals surface area contributed by atoms with Crippen molar-refractivity contribution in [1.82, 2.24) is 10.6 Å². The fraction of sp³-hybridized carbons (Fsp3) is 0.200. The number of nitrogens with one attached hydrogen (secondary N) is 3. The van der Waals surface area contributed by atoms with Gasteiger partial charge in [-0.15, -0.1) is 0 Å². The normalized spacial score (nSPS) is 17.0. The average Bonchev–Trinajstić information content (AvgIpc) is 2.61. The second-order valence-corrected chi connectivity index (χ2v) is 6.48. The van der Waals surface area contributed by atoms with Gasteiger partial charge in [0.2, 0.25) is 0 Å². The van der Waals surface area contributed by atoms with Gasteiger partial charge in [0.1, 0.15) is 0 Å². The summed E-state index contributed by atoms with van der Waals surface area (Å²) in [7, 11) is 0. The molecule has 28 heavy (non-hydrogen) atoms. The van der Waals surface area contributed by atoms with Gasteiger partial charge in [0.15, 0.2) is 0 Å². The maximum Gasteiger partial charge on any atom is 0.418 e. The van der Waals surface area contributed by atoms with Crippen LogP contribution in [0.3, 0.4) is 0 Å². The summed E-state index contributed by atoms with van der Waals surface area (Å²) in [5.41, 5.74) is 0.766. The van der Waals surface area contributed by atoms with Gasteiger partial charge in [-0.25, -0.2) is 4.79 Å². The molecule has 3 rings (SSSR count). The van der Waals surface area contributed by atoms with Crippen LogP contribution in [0.4, 0.5) is 23.7 Å². The van der Waals surface area contributed by atoms with Crippen LogP contribution in [0.5, 0.6) is 0 Å². The molecule has 0 spiro atoms. The molecule has 1 heterocycles. The SMILES string of the molecule is CC1=C(C(=O)Nc2ccccc2C(F)(F)F)[C@@H](c2ccc(C)cc2)NC(=O)N1. The summed E-state index contributed by atoms with van der Waals surface area (Å²) >= 11 is 0. The van der Waals surface area contributed by atoms with Crippen molar-refractivity contribution in [2.75, 3.05) is 5.32 Å². The molecule has 0 bridgehead atoms. The largest absolute Gasteiger partial charge is 0.418 e. The van der Waals surface area contributed by atoms with Crippen LogP contribution in [0.1, 0.15) is 29.7 Å². The molecule has 0 unspecified atom stereocenters. The number of para-hydroxylation sites is 1. The molecule has 0 aromatic heterocycles. The molecule has 0 fully saturated rings. The summed E-state index contributed by atoms with van der Waals surface area (Å²) in [6.45, 7) is 3.43. The first-order valence-electron chi connectivity index (χ1n) is 8.49. The molecule has 8 heteroatoms. The number of allylic oxidation sites excluding steroid dienone is 1. The Kier molecular flexibility index (Phi) is 5.13. The summed E-state index contributed by atoms with van der Waals surface area (Å²) in [6.07, 6.45) is -4.61. The predicted octanol–water partition coefficient (Wildman–Crippen LogP) is 4.28. The Labute approximate surface area is 159 Å². The van der Waals surface area contributed by atoms with Crippen LogP contribution in [0.25, 0.3) is 0 Å². The molecule has 5 nitrogen and oxygen atoms in total. The van der Waals surface area contributed by atoms with E-state index >= 15 is 0 Å². The third kappa shape index (κ3) is 4.00. The number of carbonyl (C=O) groups is 2. The van der Waals surface area contributed by atoms with Gasteiger partial charge in [-0.1, -0.05) is 42.0 Å². The van der Waals surface area contributed by atoms with E-state index in [4.69, 9.17) is 0 Å². The van der Waals surface area contributed by atoms with Crippen molar-refractivity contribution in [3.8, 4) is 0 Å². The van der Waals surface area contributed by atoms with Gasteiger partial charge in [-0.05, 0) is 31.5 Å². The van der Waals surface area contributed by atoms with E-state index in [2.05, 4.69) is 16.0 Å². The Morgan fingerprint density at radius 1 is 1.04 bits per heavy atom. The molecule has 2 aromatic carbocycles. The number of amides is 3. The van der Waals surface area contributed by atoms with Crippen LogP contribution in [0.15, 0.2) is 59.8 Å². The first kappa shape index (κ1) is 19.5. The molecule has 1 atom stereocenters. The number of carbonyl (C=O) groups excluding carboxylic acids is 2. The molecular weight excluding hydrogens is 371 g/mol. The third-order valence-electron chi connectivity index (χ3n) is 4.41. The Morgan fingerprint density at radius 2 is 1.68 bits per heavy atom. The maximum atomic E-state index is 13.2. The number of anilines is 1. The van der Waals surface area contributed by atoms with Gasteiger partial charge in [0, 0.05) is 5.70 Å². The van der Waals surface area contributed by atoms with Gasteiger partial charge in [-0.2, -0.15) is 13.2 Å². The van der Waals surface area contributed by atoms with Crippen molar-refractivity contribution >= 4 is 17.6 Å². The number of rotatable bonds is 3. The number of hydrogen-bond acceptors (Lipinski definition) is 2. The highest BCUT2D eigenvalue weighted by Crippen LogP contribution is 2.35. The fourth-order valence-electron chi connectivity index (χ4n) is 3.03. The highest BCUT2D eigenvalue weighted by Gasteiger charge is 2.35. The molecule has 0 saturated heterocycles. The minimum absolute atomic E-state index is 0.139. The number of benzene rings is 2. The molecule has 3 amide bonds. The Bertz CT molecular complexity index is 950. The van der Waals surface area contributed by atoms with E-state index in [9.17, 15) is 22.8 Å². The van der Waals surface area contributed by atoms with Crippen molar-refractivity contribution in [3.63, 3.8) is 0 Å². The number of aryl methyl sites for hydroxylation is 1. The minimum atomic E-state index is -4.61. The monoisotopic (exact) mass is 389 g/mol. The van der Waals surface area contributed by atoms with Gasteiger partial charge < -0.3 is 16.0 Å². The van der Waals surface area contributed by atoms with E-state index in [0.29, 0.717) is 5.56 Å². The smallest absolute Gasteiger partial charge is 0.327 e. The molecule has 2 aromatic rings. The zero-order chi connectivity index (χ0) is 20.5. The number of halogens is 3. The average molecular weight is 389 g/mol. The molecule has 146 valence electrons. The zero-order valence-electron chi connectivity index (χ0n) is 15.1. The second-order valence-electron chi connectivity index (χ2n) is 6.48. The molecule has 1 aliphatic rings. The lowest BCUT2D eigenvalue weighted by molar-refractivity contribution is -0.137. The van der Waals surface area contributed by atoms with E-state index in [0.717, 1.165) is 11.6 Å². The van der Waals surface area contributed by atoms with E-state index < -0.39 is 29.7 Å². The van der Waals surface area contributed by atoms with Crippen molar-refractivity contribution in [3.05, 3.63) is 76.5 Å². The minimum Gasteiger partial charge on any atom is -0.327 e. The van der Waals surface area contributed by atoms with E-state index in [1.165, 1.54) is 25.1 Å². The van der Waals surface area contributed by atoms with Gasteiger partial charge in [0.05, 0.1) is 22.9 Å². The van der Waals surface area contributed by atoms with Gasteiger partial charge >= 0.3 is 12.2 Å². The van der Waals surface area contributed by atoms with Crippen molar-refractivity contribution in [2.24, 2.45) is 0 Å². The molecule has 0 radical (unpaired) electrons. The highest BCUT2D eigenvalue weighted by atomic mass is 19.4. The second kappa shape index (κ2) is 7.38. The third-order valence-corrected chi connectivity index (χ3v) is 4.41. The lowest BCUT2D eigenvalue weighted by Crippen LogP contribution is -2.46. The van der Waals surface area contributed by atoms with E-state index in [1.54, 1.807) is 12.1 Å². The Hall–Kier alpha value is -3.29. The summed E-state index contributed by atoms with van der Waals surface area (Å²) in [6, 6.07) is 10.6. The summed E-state index contributed by atoms with van der Waals surface area (Å²) in [4.78, 5) is 24.8. The van der Waals surface area contributed by atoms with Crippen LogP contribution in [-0.4, -0.2) is 11.9 Å². The van der Waals surface area contributed by atoms with Crippen molar-refractivity contribution < 1.29 is 22.8 Å². The van der Waals surface area contributed by atoms with Crippen LogP contribution >= 0.6 is 0 Å². The van der Waals surface area contributed by atoms with Gasteiger partial charge in [-0.3, -0.25) is 4.79 Å². The summed E-state index contributed by atoms with van der Waals surface area (Å²) in [5, 5.41) is 7.49. The molecule has 0 saturated carbocycles. The fourth-order valence-corrected chi connectivity index (χ4v) is 3.03. The first-order chi connectivity index (χ1) is 13.2. The van der Waals surface area contributed by atoms with Crippen molar-refractivity contribution in [1.29, 1.82) is 0 Å². The van der Waals surface area contributed by atoms with Gasteiger partial charge in [0.25, 0.3) is 5.91 Å². The first-order valence-corrected chi connectivity index (χ1v) is 8.49. The quantitative estimate of drug-likeness (QED) is 0.733. The Morgan fingerprint density at radius 3 is 2.32 bits per heavy atom.